The summed E-state index contributed by atoms with van der Waals surface area (Å²) in [4.78, 5) is -0.349. The highest BCUT2D eigenvalue weighted by atomic mass is 32.2. The Balaban J connectivity index is 1.91. The summed E-state index contributed by atoms with van der Waals surface area (Å²) < 4.78 is 56.0. The van der Waals surface area contributed by atoms with Gasteiger partial charge in [-0.2, -0.15) is 14.7 Å². The molecule has 0 fully saturated rings. The lowest BCUT2D eigenvalue weighted by molar-refractivity contribution is 0.445. The van der Waals surface area contributed by atoms with Gasteiger partial charge in [-0.15, -0.1) is 0 Å². The van der Waals surface area contributed by atoms with E-state index in [1.165, 1.54) is 34.6 Å². The van der Waals surface area contributed by atoms with Crippen LogP contribution in [0, 0.1) is 18.3 Å². The standard InChI is InChI=1S/C29H28N4O4S2/c1-4-32(5-2)39(36,37)27-13-9-10-23(18-27)29-24(21-33(31-29)25-11-7-6-8-12-25)19-28(20-30)38(34,35)26-16-14-22(3)15-17-26/h6-19,21H,4-5H2,1-3H3/b28-19+. The molecular formula is C29H28N4O4S2. The zero-order valence-electron chi connectivity index (χ0n) is 21.8. The number of rotatable bonds is 9. The van der Waals surface area contributed by atoms with Gasteiger partial charge in [0.1, 0.15) is 16.7 Å². The van der Waals surface area contributed by atoms with Crippen LogP contribution in [0.25, 0.3) is 23.0 Å². The smallest absolute Gasteiger partial charge is 0.240 e. The van der Waals surface area contributed by atoms with E-state index in [1.807, 2.05) is 43.3 Å². The zero-order valence-corrected chi connectivity index (χ0v) is 23.4. The number of aromatic nitrogens is 2. The summed E-state index contributed by atoms with van der Waals surface area (Å²) in [7, 11) is -7.85. The van der Waals surface area contributed by atoms with E-state index in [-0.39, 0.29) is 9.79 Å². The average Bonchev–Trinajstić information content (AvgIpc) is 3.37. The van der Waals surface area contributed by atoms with Gasteiger partial charge in [0.05, 0.1) is 15.5 Å². The highest BCUT2D eigenvalue weighted by Crippen LogP contribution is 2.30. The maximum atomic E-state index is 13.3. The molecule has 0 saturated heterocycles. The van der Waals surface area contributed by atoms with E-state index in [1.54, 1.807) is 49.0 Å². The molecule has 0 aliphatic carbocycles. The first-order chi connectivity index (χ1) is 18.6. The van der Waals surface area contributed by atoms with Crippen molar-refractivity contribution in [3.8, 4) is 23.0 Å². The van der Waals surface area contributed by atoms with Crippen LogP contribution in [0.4, 0.5) is 0 Å². The zero-order chi connectivity index (χ0) is 28.2. The molecule has 10 heteroatoms. The molecule has 0 aliphatic heterocycles. The Labute approximate surface area is 229 Å². The Morgan fingerprint density at radius 1 is 0.923 bits per heavy atom. The van der Waals surface area contributed by atoms with Crippen LogP contribution in [0.1, 0.15) is 25.0 Å². The van der Waals surface area contributed by atoms with Gasteiger partial charge in [0, 0.05) is 30.4 Å². The summed E-state index contributed by atoms with van der Waals surface area (Å²) in [6, 6.07) is 23.7. The van der Waals surface area contributed by atoms with Crippen molar-refractivity contribution in [2.24, 2.45) is 0 Å². The summed E-state index contributed by atoms with van der Waals surface area (Å²) in [5.41, 5.74) is 2.76. The maximum absolute atomic E-state index is 13.3. The number of allylic oxidation sites excluding steroid dienone is 1. The van der Waals surface area contributed by atoms with Crippen molar-refractivity contribution in [3.05, 3.63) is 101 Å². The first-order valence-electron chi connectivity index (χ1n) is 12.3. The van der Waals surface area contributed by atoms with Crippen LogP contribution in [0.5, 0.6) is 0 Å². The predicted octanol–water partition coefficient (Wildman–Crippen LogP) is 5.22. The fraction of sp³-hybridized carbons (Fsp3) is 0.172. The number of sulfone groups is 1. The summed E-state index contributed by atoms with van der Waals surface area (Å²) in [6.45, 7) is 6.03. The molecule has 0 N–H and O–H groups in total. The number of hydrogen-bond donors (Lipinski definition) is 0. The first kappa shape index (κ1) is 28.0. The third-order valence-electron chi connectivity index (χ3n) is 6.23. The van der Waals surface area contributed by atoms with Crippen molar-refractivity contribution in [2.75, 3.05) is 13.1 Å². The maximum Gasteiger partial charge on any atom is 0.243 e. The van der Waals surface area contributed by atoms with Crippen molar-refractivity contribution in [1.82, 2.24) is 14.1 Å². The molecule has 1 heterocycles. The van der Waals surface area contributed by atoms with E-state index in [0.717, 1.165) is 5.56 Å². The second-order valence-corrected chi connectivity index (χ2v) is 12.6. The third kappa shape index (κ3) is 5.71. The molecule has 1 aromatic heterocycles. The molecule has 0 saturated carbocycles. The Hall–Kier alpha value is -4.04. The lowest BCUT2D eigenvalue weighted by atomic mass is 10.1. The van der Waals surface area contributed by atoms with Crippen LogP contribution in [0.2, 0.25) is 0 Å². The molecule has 3 aromatic carbocycles. The van der Waals surface area contributed by atoms with E-state index < -0.39 is 24.8 Å². The molecule has 0 bridgehead atoms. The van der Waals surface area contributed by atoms with Gasteiger partial charge in [-0.05, 0) is 49.4 Å². The fourth-order valence-electron chi connectivity index (χ4n) is 4.10. The minimum atomic E-state index is -4.11. The van der Waals surface area contributed by atoms with Gasteiger partial charge in [0.25, 0.3) is 0 Å². The van der Waals surface area contributed by atoms with Crippen molar-refractivity contribution >= 4 is 25.9 Å². The molecule has 0 spiro atoms. The number of sulfonamides is 1. The van der Waals surface area contributed by atoms with Gasteiger partial charge in [0.2, 0.25) is 19.9 Å². The summed E-state index contributed by atoms with van der Waals surface area (Å²) in [5.74, 6) is 0. The van der Waals surface area contributed by atoms with E-state index >= 15 is 0 Å². The van der Waals surface area contributed by atoms with Crippen molar-refractivity contribution in [2.45, 2.75) is 30.6 Å². The van der Waals surface area contributed by atoms with Crippen molar-refractivity contribution in [3.63, 3.8) is 0 Å². The van der Waals surface area contributed by atoms with E-state index in [0.29, 0.717) is 35.6 Å². The van der Waals surface area contributed by atoms with Crippen LogP contribution < -0.4 is 0 Å². The molecule has 4 rings (SSSR count). The fourth-order valence-corrected chi connectivity index (χ4v) is 6.76. The predicted molar refractivity (Wildman–Crippen MR) is 151 cm³/mol. The van der Waals surface area contributed by atoms with E-state index in [4.69, 9.17) is 0 Å². The van der Waals surface area contributed by atoms with Crippen molar-refractivity contribution < 1.29 is 16.8 Å². The lowest BCUT2D eigenvalue weighted by Gasteiger charge is -2.18. The Bertz CT molecular complexity index is 1760. The molecule has 200 valence electrons. The largest absolute Gasteiger partial charge is 0.243 e. The van der Waals surface area contributed by atoms with Gasteiger partial charge in [-0.3, -0.25) is 0 Å². The first-order valence-corrected chi connectivity index (χ1v) is 15.2. The van der Waals surface area contributed by atoms with Crippen LogP contribution in [-0.2, 0) is 19.9 Å². The molecular weight excluding hydrogens is 532 g/mol. The highest BCUT2D eigenvalue weighted by Gasteiger charge is 2.25. The summed E-state index contributed by atoms with van der Waals surface area (Å²) in [5, 5.41) is 14.6. The molecule has 0 atom stereocenters. The minimum absolute atomic E-state index is 0.00483. The monoisotopic (exact) mass is 560 g/mol. The van der Waals surface area contributed by atoms with Gasteiger partial charge < -0.3 is 0 Å². The quantitative estimate of drug-likeness (QED) is 0.260. The molecule has 0 radical (unpaired) electrons. The minimum Gasteiger partial charge on any atom is -0.240 e. The van der Waals surface area contributed by atoms with Gasteiger partial charge in [-0.25, -0.2) is 21.5 Å². The Kier molecular flexibility index (Phi) is 8.16. The molecule has 8 nitrogen and oxygen atoms in total. The van der Waals surface area contributed by atoms with Crippen LogP contribution >= 0.6 is 0 Å². The molecule has 4 aromatic rings. The van der Waals surface area contributed by atoms with Gasteiger partial charge in [-0.1, -0.05) is 61.9 Å². The van der Waals surface area contributed by atoms with Crippen LogP contribution in [0.15, 0.2) is 99.8 Å². The SMILES string of the molecule is CCN(CC)S(=O)(=O)c1cccc(-c2nn(-c3ccccc3)cc2/C=C(\C#N)S(=O)(=O)c2ccc(C)cc2)c1. The third-order valence-corrected chi connectivity index (χ3v) is 9.96. The van der Waals surface area contributed by atoms with Gasteiger partial charge in [0.15, 0.2) is 0 Å². The molecule has 0 aliphatic rings. The molecule has 39 heavy (non-hydrogen) atoms. The van der Waals surface area contributed by atoms with E-state index in [2.05, 4.69) is 5.10 Å². The Morgan fingerprint density at radius 2 is 1.59 bits per heavy atom. The molecule has 0 amide bonds. The summed E-state index contributed by atoms with van der Waals surface area (Å²) in [6.07, 6.45) is 2.90. The van der Waals surface area contributed by atoms with Crippen LogP contribution in [-0.4, -0.2) is 44.0 Å². The average molecular weight is 561 g/mol. The topological polar surface area (TPSA) is 113 Å². The number of hydrogen-bond acceptors (Lipinski definition) is 6. The van der Waals surface area contributed by atoms with E-state index in [9.17, 15) is 22.1 Å². The van der Waals surface area contributed by atoms with Crippen LogP contribution in [0.3, 0.4) is 0 Å². The second-order valence-electron chi connectivity index (χ2n) is 8.77. The number of para-hydroxylation sites is 1. The summed E-state index contributed by atoms with van der Waals surface area (Å²) >= 11 is 0. The highest BCUT2D eigenvalue weighted by molar-refractivity contribution is 7.95. The normalized spacial score (nSPS) is 12.4. The van der Waals surface area contributed by atoms with Crippen molar-refractivity contribution in [1.29, 1.82) is 5.26 Å². The van der Waals surface area contributed by atoms with Gasteiger partial charge >= 0.3 is 0 Å². The Morgan fingerprint density at radius 3 is 2.21 bits per heavy atom. The number of nitriles is 1. The number of nitrogens with zero attached hydrogens (tertiary/aromatic N) is 4. The number of aryl methyl sites for hydroxylation is 1. The lowest BCUT2D eigenvalue weighted by Crippen LogP contribution is -2.30. The second kappa shape index (κ2) is 11.4. The molecule has 0 unspecified atom stereocenters. The number of benzene rings is 3.